The molecule has 24 heavy (non-hydrogen) atoms. The molecule has 0 atom stereocenters. The van der Waals surface area contributed by atoms with Gasteiger partial charge in [-0.3, -0.25) is 4.79 Å². The number of hydrogen-bond acceptors (Lipinski definition) is 3. The number of benzene rings is 2. The fourth-order valence-electron chi connectivity index (χ4n) is 2.85. The maximum atomic E-state index is 12.4. The lowest BCUT2D eigenvalue weighted by Gasteiger charge is -2.18. The van der Waals surface area contributed by atoms with E-state index in [-0.39, 0.29) is 4.58 Å². The molecule has 1 aliphatic rings. The molecule has 0 radical (unpaired) electrons. The number of carbonyl (C=O) groups is 1. The second-order valence-corrected chi connectivity index (χ2v) is 8.53. The minimum Gasteiger partial charge on any atom is -0.294 e. The number of hydrogen-bond donors (Lipinski definition) is 0. The largest absolute Gasteiger partial charge is 0.294 e. The highest BCUT2D eigenvalue weighted by Gasteiger charge is 2.28. The number of thioether (sulfide) groups is 2. The monoisotopic (exact) mass is 354 g/mol. The van der Waals surface area contributed by atoms with Crippen molar-refractivity contribution in [1.29, 1.82) is 0 Å². The van der Waals surface area contributed by atoms with Crippen LogP contribution in [0.2, 0.25) is 0 Å². The molecule has 0 amide bonds. The van der Waals surface area contributed by atoms with Crippen LogP contribution in [0, 0.1) is 0 Å². The summed E-state index contributed by atoms with van der Waals surface area (Å²) in [4.78, 5) is 12.4. The predicted molar refractivity (Wildman–Crippen MR) is 106 cm³/mol. The molecule has 0 fully saturated rings. The second kappa shape index (κ2) is 8.59. The van der Waals surface area contributed by atoms with Crippen LogP contribution in [0.5, 0.6) is 0 Å². The molecule has 0 bridgehead atoms. The first-order valence-electron chi connectivity index (χ1n) is 8.28. The van der Waals surface area contributed by atoms with Gasteiger partial charge in [-0.15, -0.1) is 23.5 Å². The summed E-state index contributed by atoms with van der Waals surface area (Å²) in [6, 6.07) is 21.0. The lowest BCUT2D eigenvalue weighted by molar-refractivity contribution is -0.114. The van der Waals surface area contributed by atoms with Crippen LogP contribution in [0.25, 0.3) is 0 Å². The highest BCUT2D eigenvalue weighted by Crippen LogP contribution is 2.40. The minimum atomic E-state index is 0.223. The Labute approximate surface area is 152 Å². The summed E-state index contributed by atoms with van der Waals surface area (Å²) >= 11 is 3.77. The molecule has 0 saturated heterocycles. The van der Waals surface area contributed by atoms with Crippen LogP contribution in [-0.2, 0) is 16.3 Å². The maximum Gasteiger partial charge on any atom is 0.161 e. The highest BCUT2D eigenvalue weighted by atomic mass is 32.2. The van der Waals surface area contributed by atoms with Crippen molar-refractivity contribution in [3.63, 3.8) is 0 Å². The SMILES string of the molecule is CC1=C(C(SCc2ccccc2)SCc2ccccc2)C(=O)CC1. The fraction of sp³-hybridized carbons (Fsp3) is 0.286. The second-order valence-electron chi connectivity index (χ2n) is 6.04. The first kappa shape index (κ1) is 17.4. The van der Waals surface area contributed by atoms with Crippen molar-refractivity contribution in [2.24, 2.45) is 0 Å². The van der Waals surface area contributed by atoms with Crippen LogP contribution in [0.1, 0.15) is 30.9 Å². The number of ketones is 1. The van der Waals surface area contributed by atoms with Crippen molar-refractivity contribution in [2.75, 3.05) is 0 Å². The van der Waals surface area contributed by atoms with Crippen molar-refractivity contribution < 1.29 is 4.79 Å². The van der Waals surface area contributed by atoms with Gasteiger partial charge in [0.1, 0.15) is 0 Å². The van der Waals surface area contributed by atoms with Crippen LogP contribution < -0.4 is 0 Å². The van der Waals surface area contributed by atoms with E-state index in [0.717, 1.165) is 23.5 Å². The Kier molecular flexibility index (Phi) is 6.22. The molecule has 2 aromatic carbocycles. The molecule has 124 valence electrons. The third-order valence-electron chi connectivity index (χ3n) is 4.21. The summed E-state index contributed by atoms with van der Waals surface area (Å²) in [5, 5.41) is 0. The average molecular weight is 355 g/mol. The van der Waals surface area contributed by atoms with Gasteiger partial charge < -0.3 is 0 Å². The summed E-state index contributed by atoms with van der Waals surface area (Å²) in [5.74, 6) is 2.23. The topological polar surface area (TPSA) is 17.1 Å². The molecule has 0 aromatic heterocycles. The normalized spacial score (nSPS) is 14.7. The van der Waals surface area contributed by atoms with Crippen molar-refractivity contribution in [3.8, 4) is 0 Å². The van der Waals surface area contributed by atoms with Crippen molar-refractivity contribution in [1.82, 2.24) is 0 Å². The Hall–Kier alpha value is -1.45. The van der Waals surface area contributed by atoms with Gasteiger partial charge in [0.05, 0.1) is 4.58 Å². The quantitative estimate of drug-likeness (QED) is 0.580. The van der Waals surface area contributed by atoms with Crippen LogP contribution >= 0.6 is 23.5 Å². The molecule has 0 saturated carbocycles. The van der Waals surface area contributed by atoms with Crippen LogP contribution in [0.3, 0.4) is 0 Å². The summed E-state index contributed by atoms with van der Waals surface area (Å²) in [6.07, 6.45) is 1.62. The van der Waals surface area contributed by atoms with E-state index < -0.39 is 0 Å². The third-order valence-corrected chi connectivity index (χ3v) is 7.10. The van der Waals surface area contributed by atoms with Gasteiger partial charge in [-0.1, -0.05) is 66.2 Å². The van der Waals surface area contributed by atoms with Gasteiger partial charge in [0.15, 0.2) is 5.78 Å². The standard InChI is InChI=1S/C21H22OS2/c1-16-12-13-19(22)20(16)21(23-14-17-8-4-2-5-9-17)24-15-18-10-6-3-7-11-18/h2-11,21H,12-15H2,1H3. The Morgan fingerprint density at radius 1 is 0.833 bits per heavy atom. The molecule has 0 spiro atoms. The molecular weight excluding hydrogens is 332 g/mol. The minimum absolute atomic E-state index is 0.223. The van der Waals surface area contributed by atoms with Gasteiger partial charge in [-0.2, -0.15) is 0 Å². The summed E-state index contributed by atoms with van der Waals surface area (Å²) in [7, 11) is 0. The van der Waals surface area contributed by atoms with Gasteiger partial charge in [0.2, 0.25) is 0 Å². The van der Waals surface area contributed by atoms with Crippen molar-refractivity contribution in [3.05, 3.63) is 82.9 Å². The molecule has 1 aliphatic carbocycles. The van der Waals surface area contributed by atoms with E-state index >= 15 is 0 Å². The summed E-state index contributed by atoms with van der Waals surface area (Å²) in [6.45, 7) is 2.12. The number of allylic oxidation sites excluding steroid dienone is 1. The van der Waals surface area contributed by atoms with Crippen LogP contribution in [-0.4, -0.2) is 10.4 Å². The van der Waals surface area contributed by atoms with Gasteiger partial charge in [0, 0.05) is 23.5 Å². The van der Waals surface area contributed by atoms with E-state index in [9.17, 15) is 4.79 Å². The third kappa shape index (κ3) is 4.55. The molecule has 0 N–H and O–H groups in total. The molecule has 0 unspecified atom stereocenters. The van der Waals surface area contributed by atoms with Gasteiger partial charge in [-0.25, -0.2) is 0 Å². The Morgan fingerprint density at radius 3 is 1.75 bits per heavy atom. The van der Waals surface area contributed by atoms with Gasteiger partial charge in [0.25, 0.3) is 0 Å². The van der Waals surface area contributed by atoms with E-state index in [2.05, 4.69) is 55.5 Å². The van der Waals surface area contributed by atoms with E-state index in [0.29, 0.717) is 12.2 Å². The molecule has 2 aromatic rings. The average Bonchev–Trinajstić information content (AvgIpc) is 2.96. The Bertz CT molecular complexity index is 664. The Balaban J connectivity index is 1.71. The lowest BCUT2D eigenvalue weighted by atomic mass is 10.2. The molecule has 1 nitrogen and oxygen atoms in total. The van der Waals surface area contributed by atoms with Gasteiger partial charge in [-0.05, 0) is 24.5 Å². The van der Waals surface area contributed by atoms with Crippen LogP contribution in [0.15, 0.2) is 71.8 Å². The van der Waals surface area contributed by atoms with Crippen LogP contribution in [0.4, 0.5) is 0 Å². The highest BCUT2D eigenvalue weighted by molar-refractivity contribution is 8.16. The van der Waals surface area contributed by atoms with Gasteiger partial charge >= 0.3 is 0 Å². The van der Waals surface area contributed by atoms with Crippen molar-refractivity contribution >= 4 is 29.3 Å². The Morgan fingerprint density at radius 2 is 1.33 bits per heavy atom. The van der Waals surface area contributed by atoms with E-state index in [1.807, 2.05) is 35.7 Å². The number of rotatable bonds is 7. The van der Waals surface area contributed by atoms with E-state index in [4.69, 9.17) is 0 Å². The molecular formula is C21H22OS2. The maximum absolute atomic E-state index is 12.4. The lowest BCUT2D eigenvalue weighted by Crippen LogP contribution is -2.10. The number of carbonyl (C=O) groups excluding carboxylic acids is 1. The smallest absolute Gasteiger partial charge is 0.161 e. The molecule has 0 heterocycles. The predicted octanol–water partition coefficient (Wildman–Crippen LogP) is 5.86. The fourth-order valence-corrected chi connectivity index (χ4v) is 5.71. The number of Topliss-reactive ketones (excluding diaryl/α,β-unsaturated/α-hetero) is 1. The zero-order valence-electron chi connectivity index (χ0n) is 13.9. The van der Waals surface area contributed by atoms with E-state index in [1.54, 1.807) is 0 Å². The zero-order valence-corrected chi connectivity index (χ0v) is 15.5. The first-order valence-corrected chi connectivity index (χ1v) is 10.4. The summed E-state index contributed by atoms with van der Waals surface area (Å²) in [5.41, 5.74) is 4.98. The van der Waals surface area contributed by atoms with E-state index in [1.165, 1.54) is 16.7 Å². The first-order chi connectivity index (χ1) is 11.7. The van der Waals surface area contributed by atoms with Crippen molar-refractivity contribution in [2.45, 2.75) is 35.9 Å². The molecule has 0 aliphatic heterocycles. The molecule has 3 rings (SSSR count). The zero-order chi connectivity index (χ0) is 16.8. The summed E-state index contributed by atoms with van der Waals surface area (Å²) < 4.78 is 0.223. The molecule has 3 heteroatoms.